The Morgan fingerprint density at radius 3 is 2.19 bits per heavy atom. The minimum Gasteiger partial charge on any atom is -0.352 e. The largest absolute Gasteiger partial charge is 0.352 e. The third-order valence-corrected chi connectivity index (χ3v) is 8.60. The van der Waals surface area contributed by atoms with E-state index in [1.807, 2.05) is 31.2 Å². The molecule has 9 heteroatoms. The highest BCUT2D eigenvalue weighted by atomic mass is 32.2. The molecule has 196 valence electrons. The topological polar surface area (TPSA) is 90.0 Å². The fourth-order valence-electron chi connectivity index (χ4n) is 4.43. The van der Waals surface area contributed by atoms with Crippen LogP contribution in [0.1, 0.15) is 50.2 Å². The van der Waals surface area contributed by atoms with E-state index in [9.17, 15) is 18.0 Å². The van der Waals surface area contributed by atoms with Crippen LogP contribution in [0.25, 0.3) is 0 Å². The molecule has 1 fully saturated rings. The number of rotatable bonds is 10. The molecule has 1 aliphatic rings. The van der Waals surface area contributed by atoms with Gasteiger partial charge in [0.2, 0.25) is 11.8 Å². The van der Waals surface area contributed by atoms with E-state index in [4.69, 9.17) is 0 Å². The van der Waals surface area contributed by atoms with Crippen molar-refractivity contribution in [1.29, 1.82) is 0 Å². The summed E-state index contributed by atoms with van der Waals surface area (Å²) in [7, 11) is -1.09. The van der Waals surface area contributed by atoms with Gasteiger partial charge in [-0.3, -0.25) is 9.59 Å². The number of para-hydroxylation sites is 1. The molecule has 0 bridgehead atoms. The molecule has 2 amide bonds. The van der Waals surface area contributed by atoms with E-state index in [1.54, 1.807) is 37.3 Å². The van der Waals surface area contributed by atoms with E-state index in [2.05, 4.69) is 5.32 Å². The van der Waals surface area contributed by atoms with Crippen molar-refractivity contribution in [3.8, 4) is 0 Å². The van der Waals surface area contributed by atoms with Gasteiger partial charge in [-0.1, -0.05) is 61.7 Å². The molecule has 2 aromatic rings. The first kappa shape index (κ1) is 27.7. The van der Waals surface area contributed by atoms with Crippen LogP contribution in [0.5, 0.6) is 0 Å². The van der Waals surface area contributed by atoms with Crippen molar-refractivity contribution < 1.29 is 18.0 Å². The zero-order chi connectivity index (χ0) is 26.3. The van der Waals surface area contributed by atoms with Gasteiger partial charge in [0.05, 0.1) is 5.69 Å². The maximum Gasteiger partial charge on any atom is 0.304 e. The molecule has 36 heavy (non-hydrogen) atoms. The van der Waals surface area contributed by atoms with Gasteiger partial charge in [-0.05, 0) is 49.9 Å². The average molecular weight is 515 g/mol. The molecule has 0 radical (unpaired) electrons. The van der Waals surface area contributed by atoms with Gasteiger partial charge in [0, 0.05) is 26.7 Å². The first-order valence-electron chi connectivity index (χ1n) is 12.5. The quantitative estimate of drug-likeness (QED) is 0.526. The Morgan fingerprint density at radius 2 is 1.58 bits per heavy atom. The average Bonchev–Trinajstić information content (AvgIpc) is 2.87. The second-order valence-corrected chi connectivity index (χ2v) is 11.7. The molecule has 8 nitrogen and oxygen atoms in total. The molecule has 1 saturated carbocycles. The van der Waals surface area contributed by atoms with Crippen LogP contribution < -0.4 is 9.62 Å². The van der Waals surface area contributed by atoms with Gasteiger partial charge in [0.1, 0.15) is 12.6 Å². The normalized spacial score (nSPS) is 15.4. The van der Waals surface area contributed by atoms with Crippen molar-refractivity contribution in [3.63, 3.8) is 0 Å². The van der Waals surface area contributed by atoms with Gasteiger partial charge in [0.15, 0.2) is 0 Å². The highest BCUT2D eigenvalue weighted by molar-refractivity contribution is 7.90. The molecule has 0 saturated heterocycles. The van der Waals surface area contributed by atoms with Crippen molar-refractivity contribution in [2.45, 2.75) is 64.6 Å². The summed E-state index contributed by atoms with van der Waals surface area (Å²) >= 11 is 0. The number of amides is 2. The maximum atomic E-state index is 13.8. The number of hydrogen-bond donors (Lipinski definition) is 1. The molecule has 1 atom stereocenters. The Bertz CT molecular complexity index is 1130. The zero-order valence-electron chi connectivity index (χ0n) is 21.7. The van der Waals surface area contributed by atoms with E-state index >= 15 is 0 Å². The Morgan fingerprint density at radius 1 is 0.972 bits per heavy atom. The Hall–Kier alpha value is -2.91. The van der Waals surface area contributed by atoms with E-state index in [0.717, 1.165) is 45.4 Å². The van der Waals surface area contributed by atoms with Gasteiger partial charge in [-0.25, -0.2) is 4.31 Å². The number of benzene rings is 2. The summed E-state index contributed by atoms with van der Waals surface area (Å²) in [5.41, 5.74) is 2.29. The molecule has 0 aliphatic heterocycles. The summed E-state index contributed by atoms with van der Waals surface area (Å²) in [6, 6.07) is 15.6. The van der Waals surface area contributed by atoms with Crippen molar-refractivity contribution >= 4 is 27.7 Å². The number of aryl methyl sites for hydroxylation is 1. The molecule has 2 aromatic carbocycles. The predicted molar refractivity (Wildman–Crippen MR) is 143 cm³/mol. The van der Waals surface area contributed by atoms with Gasteiger partial charge >= 0.3 is 10.2 Å². The third-order valence-electron chi connectivity index (χ3n) is 6.78. The van der Waals surface area contributed by atoms with E-state index in [0.29, 0.717) is 5.69 Å². The molecule has 0 unspecified atom stereocenters. The van der Waals surface area contributed by atoms with Crippen LogP contribution >= 0.6 is 0 Å². The highest BCUT2D eigenvalue weighted by Crippen LogP contribution is 2.22. The second kappa shape index (κ2) is 12.4. The number of nitrogens with zero attached hydrogens (tertiary/aromatic N) is 3. The monoisotopic (exact) mass is 514 g/mol. The minimum absolute atomic E-state index is 0.110. The summed E-state index contributed by atoms with van der Waals surface area (Å²) in [6.45, 7) is 3.45. The standard InChI is InChI=1S/C27H38N4O4S/c1-21-13-11-12-14-23(21)19-30(22(2)27(33)28-24-15-7-5-8-16-24)26(32)20-31(36(34,35)29(3)4)25-17-9-6-10-18-25/h6,9-14,17-18,22,24H,5,7-8,15-16,19-20H2,1-4H3,(H,28,33)/t22-/m0/s1. The number of anilines is 1. The number of carbonyl (C=O) groups is 2. The minimum atomic E-state index is -3.95. The Kier molecular flexibility index (Phi) is 9.50. The van der Waals surface area contributed by atoms with Crippen molar-refractivity contribution in [1.82, 2.24) is 14.5 Å². The smallest absolute Gasteiger partial charge is 0.304 e. The van der Waals surface area contributed by atoms with Crippen LogP contribution in [0.15, 0.2) is 54.6 Å². The SMILES string of the molecule is Cc1ccccc1CN(C(=O)CN(c1ccccc1)S(=O)(=O)N(C)C)[C@@H](C)C(=O)NC1CCCCC1. The lowest BCUT2D eigenvalue weighted by Crippen LogP contribution is -2.53. The molecule has 1 aliphatic carbocycles. The molecule has 1 N–H and O–H groups in total. The Labute approximate surface area is 215 Å². The summed E-state index contributed by atoms with van der Waals surface area (Å²) in [6.07, 6.45) is 5.22. The third kappa shape index (κ3) is 6.85. The molecular formula is C27H38N4O4S. The van der Waals surface area contributed by atoms with Crippen LogP contribution in [-0.2, 0) is 26.3 Å². The highest BCUT2D eigenvalue weighted by Gasteiger charge is 2.33. The van der Waals surface area contributed by atoms with Crippen molar-refractivity contribution in [2.24, 2.45) is 0 Å². The van der Waals surface area contributed by atoms with Gasteiger partial charge < -0.3 is 10.2 Å². The van der Waals surface area contributed by atoms with Crippen molar-refractivity contribution in [2.75, 3.05) is 24.9 Å². The molecule has 0 heterocycles. The lowest BCUT2D eigenvalue weighted by molar-refractivity contribution is -0.139. The van der Waals surface area contributed by atoms with Crippen molar-refractivity contribution in [3.05, 3.63) is 65.7 Å². The van der Waals surface area contributed by atoms with E-state index in [1.165, 1.54) is 25.4 Å². The fourth-order valence-corrected chi connectivity index (χ4v) is 5.49. The number of carbonyl (C=O) groups excluding carboxylic acids is 2. The summed E-state index contributed by atoms with van der Waals surface area (Å²) in [4.78, 5) is 28.5. The predicted octanol–water partition coefficient (Wildman–Crippen LogP) is 3.47. The number of nitrogens with one attached hydrogen (secondary N) is 1. The second-order valence-electron chi connectivity index (χ2n) is 9.60. The van der Waals surface area contributed by atoms with E-state index < -0.39 is 28.7 Å². The molecular weight excluding hydrogens is 476 g/mol. The van der Waals surface area contributed by atoms with Crippen LogP contribution in [0.4, 0.5) is 5.69 Å². The summed E-state index contributed by atoms with van der Waals surface area (Å²) in [5, 5.41) is 3.11. The van der Waals surface area contributed by atoms with E-state index in [-0.39, 0.29) is 18.5 Å². The van der Waals surface area contributed by atoms with Gasteiger partial charge in [0.25, 0.3) is 0 Å². The lowest BCUT2D eigenvalue weighted by atomic mass is 9.95. The van der Waals surface area contributed by atoms with Crippen LogP contribution in [-0.4, -0.2) is 62.2 Å². The van der Waals surface area contributed by atoms with Crippen LogP contribution in [0.2, 0.25) is 0 Å². The van der Waals surface area contributed by atoms with Gasteiger partial charge in [-0.2, -0.15) is 12.7 Å². The van der Waals surface area contributed by atoms with Crippen LogP contribution in [0, 0.1) is 6.92 Å². The first-order chi connectivity index (χ1) is 17.1. The molecule has 0 spiro atoms. The molecule has 0 aromatic heterocycles. The number of hydrogen-bond acceptors (Lipinski definition) is 4. The summed E-state index contributed by atoms with van der Waals surface area (Å²) in [5.74, 6) is -0.663. The van der Waals surface area contributed by atoms with Gasteiger partial charge in [-0.15, -0.1) is 0 Å². The summed E-state index contributed by atoms with van der Waals surface area (Å²) < 4.78 is 28.5. The maximum absolute atomic E-state index is 13.8. The lowest BCUT2D eigenvalue weighted by Gasteiger charge is -2.34. The van der Waals surface area contributed by atoms with Crippen LogP contribution in [0.3, 0.4) is 0 Å². The Balaban J connectivity index is 1.90. The molecule has 3 rings (SSSR count). The zero-order valence-corrected chi connectivity index (χ0v) is 22.5. The fraction of sp³-hybridized carbons (Fsp3) is 0.481. The first-order valence-corrected chi connectivity index (χ1v) is 13.9.